The molecule has 0 radical (unpaired) electrons. The molecule has 1 heterocycles. The fourth-order valence-corrected chi connectivity index (χ4v) is 2.83. The van der Waals surface area contributed by atoms with Crippen molar-refractivity contribution in [2.24, 2.45) is 5.10 Å². The minimum Gasteiger partial charge on any atom is -0.394 e. The topological polar surface area (TPSA) is 91.2 Å². The molecule has 1 aliphatic carbocycles. The van der Waals surface area contributed by atoms with Crippen molar-refractivity contribution in [3.8, 4) is 0 Å². The smallest absolute Gasteiger partial charge is 0.267 e. The van der Waals surface area contributed by atoms with Crippen molar-refractivity contribution in [1.29, 1.82) is 0 Å². The van der Waals surface area contributed by atoms with E-state index < -0.39 is 0 Å². The molecule has 2 atom stereocenters. The van der Waals surface area contributed by atoms with Gasteiger partial charge in [-0.05, 0) is 12.8 Å². The van der Waals surface area contributed by atoms with Crippen LogP contribution in [0.25, 0.3) is 0 Å². The number of aliphatic hydroxyl groups is 1. The van der Waals surface area contributed by atoms with Crippen molar-refractivity contribution in [3.05, 3.63) is 0 Å². The van der Waals surface area contributed by atoms with Crippen LogP contribution in [-0.2, 0) is 14.3 Å². The molecule has 2 amide bonds. The lowest BCUT2D eigenvalue weighted by molar-refractivity contribution is -0.132. The molecule has 7 heteroatoms. The Morgan fingerprint density at radius 3 is 2.90 bits per heavy atom. The largest absolute Gasteiger partial charge is 0.394 e. The van der Waals surface area contributed by atoms with Crippen LogP contribution in [0.4, 0.5) is 0 Å². The van der Waals surface area contributed by atoms with Crippen LogP contribution < -0.4 is 5.32 Å². The van der Waals surface area contributed by atoms with Crippen LogP contribution in [-0.4, -0.2) is 60.0 Å². The Morgan fingerprint density at radius 1 is 1.43 bits per heavy atom. The molecule has 2 N–H and O–H groups in total. The number of hydrogen-bond donors (Lipinski definition) is 2. The first-order chi connectivity index (χ1) is 10.2. The number of amides is 2. The van der Waals surface area contributed by atoms with E-state index in [0.29, 0.717) is 12.1 Å². The van der Waals surface area contributed by atoms with Crippen molar-refractivity contribution < 1.29 is 19.4 Å². The molecular weight excluding hydrogens is 274 g/mol. The summed E-state index contributed by atoms with van der Waals surface area (Å²) in [5, 5.41) is 17.1. The molecule has 21 heavy (non-hydrogen) atoms. The number of nitrogens with zero attached hydrogens (tertiary/aromatic N) is 2. The van der Waals surface area contributed by atoms with Crippen molar-refractivity contribution >= 4 is 17.5 Å². The highest BCUT2D eigenvalue weighted by Crippen LogP contribution is 2.21. The van der Waals surface area contributed by atoms with Crippen LogP contribution in [0.1, 0.15) is 38.5 Å². The molecule has 0 spiro atoms. The minimum absolute atomic E-state index is 0.00266. The highest BCUT2D eigenvalue weighted by atomic mass is 16.5. The van der Waals surface area contributed by atoms with Gasteiger partial charge in [-0.1, -0.05) is 12.8 Å². The Balaban J connectivity index is 1.98. The molecule has 0 saturated heterocycles. The van der Waals surface area contributed by atoms with Gasteiger partial charge in [-0.15, -0.1) is 0 Å². The molecule has 1 saturated carbocycles. The zero-order valence-corrected chi connectivity index (χ0v) is 12.4. The van der Waals surface area contributed by atoms with E-state index in [1.54, 1.807) is 7.11 Å². The Hall–Kier alpha value is -1.47. The van der Waals surface area contributed by atoms with E-state index in [1.807, 2.05) is 0 Å². The molecular formula is C14H23N3O4. The third-order valence-electron chi connectivity index (χ3n) is 4.00. The van der Waals surface area contributed by atoms with Crippen molar-refractivity contribution in [2.45, 2.75) is 50.7 Å². The molecule has 1 fully saturated rings. The maximum absolute atomic E-state index is 12.3. The van der Waals surface area contributed by atoms with Crippen LogP contribution in [0.3, 0.4) is 0 Å². The van der Waals surface area contributed by atoms with Gasteiger partial charge in [-0.2, -0.15) is 5.10 Å². The van der Waals surface area contributed by atoms with Crippen LogP contribution in [0.2, 0.25) is 0 Å². The number of nitrogens with one attached hydrogen (secondary N) is 1. The third-order valence-corrected chi connectivity index (χ3v) is 4.00. The van der Waals surface area contributed by atoms with Gasteiger partial charge in [-0.25, -0.2) is 5.01 Å². The Labute approximate surface area is 124 Å². The van der Waals surface area contributed by atoms with Gasteiger partial charge in [-0.3, -0.25) is 9.59 Å². The van der Waals surface area contributed by atoms with Gasteiger partial charge in [0.1, 0.15) is 5.71 Å². The fourth-order valence-electron chi connectivity index (χ4n) is 2.83. The van der Waals surface area contributed by atoms with Crippen molar-refractivity contribution in [3.63, 3.8) is 0 Å². The number of carbonyl (C=O) groups excluding carboxylic acids is 2. The van der Waals surface area contributed by atoms with E-state index in [2.05, 4.69) is 10.4 Å². The van der Waals surface area contributed by atoms with Crippen LogP contribution in [0.5, 0.6) is 0 Å². The molecule has 0 aromatic rings. The first kappa shape index (κ1) is 15.9. The van der Waals surface area contributed by atoms with Gasteiger partial charge in [0.25, 0.3) is 5.91 Å². The number of ether oxygens (including phenoxy) is 1. The lowest BCUT2D eigenvalue weighted by Gasteiger charge is -2.31. The van der Waals surface area contributed by atoms with Crippen LogP contribution in [0, 0.1) is 0 Å². The predicted octanol–water partition coefficient (Wildman–Crippen LogP) is 0.0309. The zero-order valence-electron chi connectivity index (χ0n) is 12.4. The first-order valence-electron chi connectivity index (χ1n) is 7.48. The maximum atomic E-state index is 12.3. The quantitative estimate of drug-likeness (QED) is 0.749. The van der Waals surface area contributed by atoms with Gasteiger partial charge in [0.15, 0.2) is 0 Å². The highest BCUT2D eigenvalue weighted by molar-refractivity contribution is 6.39. The Morgan fingerprint density at radius 2 is 2.19 bits per heavy atom. The van der Waals surface area contributed by atoms with E-state index in [0.717, 1.165) is 25.7 Å². The van der Waals surface area contributed by atoms with Gasteiger partial charge in [0.2, 0.25) is 5.91 Å². The van der Waals surface area contributed by atoms with E-state index in [9.17, 15) is 9.59 Å². The average molecular weight is 297 g/mol. The predicted molar refractivity (Wildman–Crippen MR) is 76.7 cm³/mol. The van der Waals surface area contributed by atoms with Gasteiger partial charge >= 0.3 is 0 Å². The number of β-amino-alcohol motifs (C(OH)–C–C–N with tert-alkyl or cyclic N) is 1. The fraction of sp³-hybridized carbons (Fsp3) is 0.786. The normalized spacial score (nSPS) is 26.5. The number of aliphatic hydroxyl groups excluding tert-OH is 1. The molecule has 0 bridgehead atoms. The lowest BCUT2D eigenvalue weighted by Crippen LogP contribution is -2.49. The summed E-state index contributed by atoms with van der Waals surface area (Å²) in [6.45, 7) is -0.0434. The Kier molecular flexibility index (Phi) is 5.69. The molecule has 0 aromatic heterocycles. The van der Waals surface area contributed by atoms with E-state index in [1.165, 1.54) is 5.01 Å². The summed E-state index contributed by atoms with van der Waals surface area (Å²) in [6.07, 6.45) is 4.68. The summed E-state index contributed by atoms with van der Waals surface area (Å²) in [5.74, 6) is -0.396. The molecule has 7 nitrogen and oxygen atoms in total. The summed E-state index contributed by atoms with van der Waals surface area (Å²) < 4.78 is 5.42. The lowest BCUT2D eigenvalue weighted by atomic mass is 9.92. The number of hydrogen-bond acceptors (Lipinski definition) is 5. The average Bonchev–Trinajstić information content (AvgIpc) is 2.50. The summed E-state index contributed by atoms with van der Waals surface area (Å²) in [6, 6.07) is 0.00266. The second-order valence-corrected chi connectivity index (χ2v) is 5.43. The van der Waals surface area contributed by atoms with Crippen LogP contribution in [0.15, 0.2) is 5.10 Å². The molecule has 2 aliphatic rings. The molecule has 2 rings (SSSR count). The van der Waals surface area contributed by atoms with E-state index >= 15 is 0 Å². The second-order valence-electron chi connectivity index (χ2n) is 5.43. The van der Waals surface area contributed by atoms with Crippen molar-refractivity contribution in [2.75, 3.05) is 20.3 Å². The molecule has 1 aliphatic heterocycles. The first-order valence-corrected chi connectivity index (χ1v) is 7.48. The standard InChI is InChI=1S/C14H23N3O4/c1-21-12-5-3-2-4-10(12)15-14(20)11-6-7-13(19)17(16-11)8-9-18/h10,12,18H,2-9H2,1H3,(H,15,20)/t10-,12-/m0/s1. The minimum atomic E-state index is -0.237. The van der Waals surface area contributed by atoms with E-state index in [4.69, 9.17) is 9.84 Å². The summed E-state index contributed by atoms with van der Waals surface area (Å²) in [4.78, 5) is 23.9. The number of rotatable bonds is 5. The number of methoxy groups -OCH3 is 1. The van der Waals surface area contributed by atoms with Crippen molar-refractivity contribution in [1.82, 2.24) is 10.3 Å². The van der Waals surface area contributed by atoms with E-state index in [-0.39, 0.29) is 43.5 Å². The summed E-state index contributed by atoms with van der Waals surface area (Å²) in [7, 11) is 1.66. The third kappa shape index (κ3) is 4.01. The van der Waals surface area contributed by atoms with Gasteiger partial charge < -0.3 is 15.2 Å². The second kappa shape index (κ2) is 7.51. The molecule has 0 aromatic carbocycles. The monoisotopic (exact) mass is 297 g/mol. The van der Waals surface area contributed by atoms with Gasteiger partial charge in [0.05, 0.1) is 25.3 Å². The summed E-state index contributed by atoms with van der Waals surface area (Å²) >= 11 is 0. The Bertz CT molecular complexity index is 424. The van der Waals surface area contributed by atoms with Crippen LogP contribution >= 0.6 is 0 Å². The SMILES string of the molecule is CO[C@H]1CCCC[C@@H]1NC(=O)C1=NN(CCO)C(=O)CC1. The zero-order chi connectivity index (χ0) is 15.2. The molecule has 118 valence electrons. The van der Waals surface area contributed by atoms with Gasteiger partial charge in [0, 0.05) is 20.0 Å². The summed E-state index contributed by atoms with van der Waals surface area (Å²) in [5.41, 5.74) is 0.350. The maximum Gasteiger partial charge on any atom is 0.267 e. The number of carbonyl (C=O) groups is 2. The number of hydrazone groups is 1. The molecule has 0 unspecified atom stereocenters. The highest BCUT2D eigenvalue weighted by Gasteiger charge is 2.29.